The Hall–Kier alpha value is -1.26. The summed E-state index contributed by atoms with van der Waals surface area (Å²) >= 11 is 6.04. The van der Waals surface area contributed by atoms with Crippen molar-refractivity contribution in [3.05, 3.63) is 23.2 Å². The molecule has 1 heterocycles. The molecule has 0 spiro atoms. The number of hydrogen-bond donors (Lipinski definition) is 1. The third-order valence-corrected chi connectivity index (χ3v) is 3.73. The lowest BCUT2D eigenvalue weighted by Gasteiger charge is -2.18. The molecule has 19 heavy (non-hydrogen) atoms. The second-order valence-electron chi connectivity index (χ2n) is 4.64. The van der Waals surface area contributed by atoms with Gasteiger partial charge in [0.15, 0.2) is 0 Å². The van der Waals surface area contributed by atoms with Crippen molar-refractivity contribution >= 4 is 28.6 Å². The highest BCUT2D eigenvalue weighted by Gasteiger charge is 2.08. The molecule has 0 aliphatic rings. The third kappa shape index (κ3) is 3.19. The summed E-state index contributed by atoms with van der Waals surface area (Å²) in [4.78, 5) is 6.77. The highest BCUT2D eigenvalue weighted by molar-refractivity contribution is 6.31. The van der Waals surface area contributed by atoms with E-state index in [1.54, 1.807) is 0 Å². The first-order chi connectivity index (χ1) is 9.15. The van der Waals surface area contributed by atoms with Crippen LogP contribution in [0, 0.1) is 0 Å². The van der Waals surface area contributed by atoms with Gasteiger partial charge in [-0.05, 0) is 44.3 Å². The number of nitrogens with zero attached hydrogens (tertiary/aromatic N) is 3. The van der Waals surface area contributed by atoms with Gasteiger partial charge in [0.25, 0.3) is 0 Å². The molecule has 2 N–H and O–H groups in total. The number of aromatic nitrogens is 2. The van der Waals surface area contributed by atoms with Crippen LogP contribution in [0.2, 0.25) is 5.02 Å². The molecule has 0 fully saturated rings. The largest absolute Gasteiger partial charge is 0.369 e. The molecule has 0 amide bonds. The summed E-state index contributed by atoms with van der Waals surface area (Å²) in [5.74, 6) is 0.566. The van der Waals surface area contributed by atoms with E-state index >= 15 is 0 Å². The number of fused-ring (bicyclic) bond motifs is 1. The molecule has 0 atom stereocenters. The number of anilines is 1. The summed E-state index contributed by atoms with van der Waals surface area (Å²) in [6, 6.07) is 5.68. The van der Waals surface area contributed by atoms with Crippen molar-refractivity contribution < 1.29 is 0 Å². The lowest BCUT2D eigenvalue weighted by atomic mass is 10.3. The van der Waals surface area contributed by atoms with Crippen LogP contribution in [-0.2, 0) is 6.54 Å². The number of imidazole rings is 1. The molecule has 2 aromatic rings. The summed E-state index contributed by atoms with van der Waals surface area (Å²) in [6.07, 6.45) is 1.06. The van der Waals surface area contributed by atoms with Crippen LogP contribution >= 0.6 is 11.6 Å². The van der Waals surface area contributed by atoms with Gasteiger partial charge in [-0.1, -0.05) is 25.4 Å². The Bertz CT molecular complexity index is 546. The second-order valence-corrected chi connectivity index (χ2v) is 5.07. The quantitative estimate of drug-likeness (QED) is 0.885. The summed E-state index contributed by atoms with van der Waals surface area (Å²) in [5.41, 5.74) is 7.91. The summed E-state index contributed by atoms with van der Waals surface area (Å²) < 4.78 is 2.05. The Morgan fingerprint density at radius 2 is 2.05 bits per heavy atom. The fourth-order valence-electron chi connectivity index (χ4n) is 2.34. The maximum Gasteiger partial charge on any atom is 0.201 e. The first kappa shape index (κ1) is 14.2. The van der Waals surface area contributed by atoms with Crippen LogP contribution in [0.1, 0.15) is 20.3 Å². The predicted molar refractivity (Wildman–Crippen MR) is 81.6 cm³/mol. The maximum absolute atomic E-state index is 6.04. The maximum atomic E-state index is 6.04. The number of benzene rings is 1. The zero-order valence-corrected chi connectivity index (χ0v) is 12.3. The third-order valence-electron chi connectivity index (χ3n) is 3.49. The monoisotopic (exact) mass is 280 g/mol. The van der Waals surface area contributed by atoms with Gasteiger partial charge in [0.1, 0.15) is 0 Å². The Labute approximate surface area is 119 Å². The van der Waals surface area contributed by atoms with Crippen molar-refractivity contribution in [1.29, 1.82) is 0 Å². The van der Waals surface area contributed by atoms with Gasteiger partial charge in [0.2, 0.25) is 5.95 Å². The van der Waals surface area contributed by atoms with Gasteiger partial charge in [0.05, 0.1) is 11.0 Å². The number of aryl methyl sites for hydroxylation is 1. The van der Waals surface area contributed by atoms with E-state index in [2.05, 4.69) is 23.7 Å². The van der Waals surface area contributed by atoms with Gasteiger partial charge < -0.3 is 15.2 Å². The molecule has 0 saturated heterocycles. The molecule has 0 saturated carbocycles. The Kier molecular flexibility index (Phi) is 4.66. The zero-order chi connectivity index (χ0) is 13.8. The Morgan fingerprint density at radius 1 is 1.32 bits per heavy atom. The number of nitrogens with two attached hydrogens (primary N) is 1. The molecule has 1 aromatic heterocycles. The van der Waals surface area contributed by atoms with Crippen LogP contribution in [0.5, 0.6) is 0 Å². The fraction of sp³-hybridized carbons (Fsp3) is 0.500. The van der Waals surface area contributed by atoms with Crippen LogP contribution in [0.15, 0.2) is 18.2 Å². The summed E-state index contributed by atoms with van der Waals surface area (Å²) in [7, 11) is 0. The first-order valence-electron chi connectivity index (χ1n) is 6.79. The average molecular weight is 281 g/mol. The summed E-state index contributed by atoms with van der Waals surface area (Å²) in [6.45, 7) is 8.49. The lowest BCUT2D eigenvalue weighted by molar-refractivity contribution is 0.294. The minimum atomic E-state index is 0.566. The zero-order valence-electron chi connectivity index (χ0n) is 11.6. The predicted octanol–water partition coefficient (Wildman–Crippen LogP) is 3.00. The van der Waals surface area contributed by atoms with E-state index in [0.717, 1.165) is 48.7 Å². The van der Waals surface area contributed by atoms with E-state index in [-0.39, 0.29) is 0 Å². The number of hydrogen-bond acceptors (Lipinski definition) is 3. The van der Waals surface area contributed by atoms with E-state index in [9.17, 15) is 0 Å². The normalized spacial score (nSPS) is 11.6. The van der Waals surface area contributed by atoms with E-state index in [1.807, 2.05) is 22.8 Å². The molecule has 0 bridgehead atoms. The standard InChI is InChI=1S/C14H21ClN4/c1-3-18(4-2)8-5-9-19-13-10-11(15)6-7-12(13)17-14(19)16/h6-7,10H,3-5,8-9H2,1-2H3,(H2,16,17). The van der Waals surface area contributed by atoms with E-state index in [0.29, 0.717) is 5.95 Å². The molecular formula is C14H21ClN4. The topological polar surface area (TPSA) is 47.1 Å². The van der Waals surface area contributed by atoms with Gasteiger partial charge in [-0.2, -0.15) is 0 Å². The SMILES string of the molecule is CCN(CC)CCCn1c(N)nc2ccc(Cl)cc21. The number of nitrogen functional groups attached to an aromatic ring is 1. The molecule has 1 aromatic carbocycles. The second kappa shape index (κ2) is 6.26. The summed E-state index contributed by atoms with van der Waals surface area (Å²) in [5, 5.41) is 0.720. The van der Waals surface area contributed by atoms with E-state index in [4.69, 9.17) is 17.3 Å². The van der Waals surface area contributed by atoms with E-state index < -0.39 is 0 Å². The van der Waals surface area contributed by atoms with Crippen molar-refractivity contribution in [3.8, 4) is 0 Å². The molecule has 0 radical (unpaired) electrons. The van der Waals surface area contributed by atoms with Crippen molar-refractivity contribution in [3.63, 3.8) is 0 Å². The lowest BCUT2D eigenvalue weighted by Crippen LogP contribution is -2.25. The molecule has 4 nitrogen and oxygen atoms in total. The van der Waals surface area contributed by atoms with Crippen LogP contribution < -0.4 is 5.73 Å². The van der Waals surface area contributed by atoms with Crippen LogP contribution in [0.3, 0.4) is 0 Å². The van der Waals surface area contributed by atoms with Crippen molar-refractivity contribution in [2.24, 2.45) is 0 Å². The van der Waals surface area contributed by atoms with Gasteiger partial charge >= 0.3 is 0 Å². The molecule has 5 heteroatoms. The molecule has 0 unspecified atom stereocenters. The Morgan fingerprint density at radius 3 is 2.74 bits per heavy atom. The van der Waals surface area contributed by atoms with Crippen molar-refractivity contribution in [2.45, 2.75) is 26.8 Å². The van der Waals surface area contributed by atoms with Crippen LogP contribution in [0.4, 0.5) is 5.95 Å². The molecular weight excluding hydrogens is 260 g/mol. The van der Waals surface area contributed by atoms with E-state index in [1.165, 1.54) is 0 Å². The van der Waals surface area contributed by atoms with Gasteiger partial charge in [-0.25, -0.2) is 4.98 Å². The van der Waals surface area contributed by atoms with Crippen molar-refractivity contribution in [2.75, 3.05) is 25.4 Å². The van der Waals surface area contributed by atoms with Gasteiger partial charge in [-0.3, -0.25) is 0 Å². The average Bonchev–Trinajstić information content (AvgIpc) is 2.71. The van der Waals surface area contributed by atoms with Gasteiger partial charge in [-0.15, -0.1) is 0 Å². The van der Waals surface area contributed by atoms with Crippen LogP contribution in [-0.4, -0.2) is 34.1 Å². The molecule has 0 aliphatic heterocycles. The first-order valence-corrected chi connectivity index (χ1v) is 7.17. The number of rotatable bonds is 6. The molecule has 104 valence electrons. The number of halogens is 1. The highest BCUT2D eigenvalue weighted by atomic mass is 35.5. The smallest absolute Gasteiger partial charge is 0.201 e. The highest BCUT2D eigenvalue weighted by Crippen LogP contribution is 2.22. The Balaban J connectivity index is 2.11. The fourth-order valence-corrected chi connectivity index (χ4v) is 2.51. The van der Waals surface area contributed by atoms with Crippen LogP contribution in [0.25, 0.3) is 11.0 Å². The molecule has 2 rings (SSSR count). The molecule has 0 aliphatic carbocycles. The minimum Gasteiger partial charge on any atom is -0.369 e. The van der Waals surface area contributed by atoms with Crippen molar-refractivity contribution in [1.82, 2.24) is 14.5 Å². The van der Waals surface area contributed by atoms with Gasteiger partial charge in [0, 0.05) is 11.6 Å². The minimum absolute atomic E-state index is 0.566.